The summed E-state index contributed by atoms with van der Waals surface area (Å²) in [5.74, 6) is 0. The predicted molar refractivity (Wildman–Crippen MR) is 73.6 cm³/mol. The van der Waals surface area contributed by atoms with E-state index in [-0.39, 0.29) is 5.56 Å². The standard InChI is InChI=1S/C11H15N5O2S/c1-7-6-8(9-13-14-11(12-2)19-9)10(17)16(15-7)4-5-18-3/h6H,4-5H2,1-3H3,(H,12,14). The lowest BCUT2D eigenvalue weighted by Crippen LogP contribution is -2.26. The summed E-state index contributed by atoms with van der Waals surface area (Å²) in [5.41, 5.74) is 1.09. The molecule has 0 aliphatic carbocycles. The molecule has 0 saturated carbocycles. The maximum Gasteiger partial charge on any atom is 0.277 e. The Labute approximate surface area is 114 Å². The number of nitrogens with zero attached hydrogens (tertiary/aromatic N) is 4. The molecule has 2 rings (SSSR count). The van der Waals surface area contributed by atoms with Crippen molar-refractivity contribution in [3.8, 4) is 10.6 Å². The maximum absolute atomic E-state index is 12.3. The van der Waals surface area contributed by atoms with Crippen molar-refractivity contribution in [2.45, 2.75) is 13.5 Å². The van der Waals surface area contributed by atoms with E-state index >= 15 is 0 Å². The van der Waals surface area contributed by atoms with Crippen LogP contribution in [-0.4, -0.2) is 40.7 Å². The number of rotatable bonds is 5. The molecule has 0 atom stereocenters. The molecule has 0 aromatic carbocycles. The lowest BCUT2D eigenvalue weighted by atomic mass is 10.3. The van der Waals surface area contributed by atoms with E-state index in [2.05, 4.69) is 20.6 Å². The van der Waals surface area contributed by atoms with Crippen molar-refractivity contribution in [1.29, 1.82) is 0 Å². The molecule has 2 aromatic heterocycles. The van der Waals surface area contributed by atoms with Crippen molar-refractivity contribution < 1.29 is 4.74 Å². The highest BCUT2D eigenvalue weighted by Crippen LogP contribution is 2.23. The van der Waals surface area contributed by atoms with Gasteiger partial charge in [0.15, 0.2) is 5.01 Å². The Balaban J connectivity index is 2.45. The highest BCUT2D eigenvalue weighted by molar-refractivity contribution is 7.18. The van der Waals surface area contributed by atoms with Crippen molar-refractivity contribution in [2.24, 2.45) is 0 Å². The molecule has 0 unspecified atom stereocenters. The fraction of sp³-hybridized carbons (Fsp3) is 0.455. The zero-order valence-corrected chi connectivity index (χ0v) is 11.8. The number of hydrogen-bond donors (Lipinski definition) is 1. The summed E-state index contributed by atoms with van der Waals surface area (Å²) in [6, 6.07) is 1.73. The third-order valence-corrected chi connectivity index (χ3v) is 3.45. The van der Waals surface area contributed by atoms with Crippen molar-refractivity contribution in [1.82, 2.24) is 20.0 Å². The van der Waals surface area contributed by atoms with Crippen LogP contribution in [0.1, 0.15) is 5.69 Å². The average molecular weight is 281 g/mol. The van der Waals surface area contributed by atoms with Crippen LogP contribution in [0.25, 0.3) is 10.6 Å². The predicted octanol–water partition coefficient (Wildman–Crippen LogP) is 0.758. The van der Waals surface area contributed by atoms with Crippen molar-refractivity contribution in [3.05, 3.63) is 22.1 Å². The van der Waals surface area contributed by atoms with Crippen LogP contribution in [0.2, 0.25) is 0 Å². The van der Waals surface area contributed by atoms with Gasteiger partial charge in [-0.2, -0.15) is 5.10 Å². The van der Waals surface area contributed by atoms with E-state index < -0.39 is 0 Å². The first-order chi connectivity index (χ1) is 9.15. The highest BCUT2D eigenvalue weighted by atomic mass is 32.1. The van der Waals surface area contributed by atoms with E-state index in [4.69, 9.17) is 4.74 Å². The zero-order valence-electron chi connectivity index (χ0n) is 11.0. The maximum atomic E-state index is 12.3. The average Bonchev–Trinajstić information content (AvgIpc) is 2.88. The number of ether oxygens (including phenoxy) is 1. The SMILES string of the molecule is CNc1nnc(-c2cc(C)nn(CCOC)c2=O)s1. The topological polar surface area (TPSA) is 81.9 Å². The lowest BCUT2D eigenvalue weighted by Gasteiger charge is -2.06. The Hall–Kier alpha value is -1.80. The Morgan fingerprint density at radius 1 is 1.47 bits per heavy atom. The van der Waals surface area contributed by atoms with E-state index in [9.17, 15) is 4.79 Å². The number of methoxy groups -OCH3 is 1. The molecule has 2 heterocycles. The summed E-state index contributed by atoms with van der Waals surface area (Å²) in [5, 5.41) is 16.3. The molecule has 7 nitrogen and oxygen atoms in total. The van der Waals surface area contributed by atoms with Gasteiger partial charge in [0.25, 0.3) is 5.56 Å². The molecule has 0 amide bonds. The molecular formula is C11H15N5O2S. The van der Waals surface area contributed by atoms with Gasteiger partial charge in [-0.25, -0.2) is 4.68 Å². The summed E-state index contributed by atoms with van der Waals surface area (Å²) in [6.45, 7) is 2.70. The number of aryl methyl sites for hydroxylation is 1. The molecule has 102 valence electrons. The number of hydrogen-bond acceptors (Lipinski definition) is 7. The third-order valence-electron chi connectivity index (χ3n) is 2.47. The van der Waals surface area contributed by atoms with Crippen LogP contribution < -0.4 is 10.9 Å². The van der Waals surface area contributed by atoms with Crippen molar-refractivity contribution in [3.63, 3.8) is 0 Å². The molecule has 0 saturated heterocycles. The number of nitrogens with one attached hydrogen (secondary N) is 1. The van der Waals surface area contributed by atoms with Gasteiger partial charge in [0.05, 0.1) is 24.4 Å². The Kier molecular flexibility index (Phi) is 4.23. The summed E-state index contributed by atoms with van der Waals surface area (Å²) >= 11 is 1.34. The Morgan fingerprint density at radius 2 is 2.26 bits per heavy atom. The van der Waals surface area contributed by atoms with Crippen LogP contribution >= 0.6 is 11.3 Å². The minimum atomic E-state index is -0.179. The van der Waals surface area contributed by atoms with E-state index in [1.807, 2.05) is 6.92 Å². The zero-order chi connectivity index (χ0) is 13.8. The number of anilines is 1. The van der Waals surface area contributed by atoms with Gasteiger partial charge >= 0.3 is 0 Å². The second kappa shape index (κ2) is 5.89. The summed E-state index contributed by atoms with van der Waals surface area (Å²) in [4.78, 5) is 12.3. The first-order valence-corrected chi connectivity index (χ1v) is 6.56. The molecule has 0 spiro atoms. The first-order valence-electron chi connectivity index (χ1n) is 5.75. The molecule has 0 aliphatic rings. The van der Waals surface area contributed by atoms with Crippen LogP contribution in [0.5, 0.6) is 0 Å². The van der Waals surface area contributed by atoms with Gasteiger partial charge in [0.1, 0.15) is 0 Å². The minimum Gasteiger partial charge on any atom is -0.383 e. The summed E-state index contributed by atoms with van der Waals surface area (Å²) in [6.07, 6.45) is 0. The molecule has 19 heavy (non-hydrogen) atoms. The quantitative estimate of drug-likeness (QED) is 0.871. The molecule has 0 fully saturated rings. The van der Waals surface area contributed by atoms with Crippen molar-refractivity contribution >= 4 is 16.5 Å². The summed E-state index contributed by atoms with van der Waals surface area (Å²) < 4.78 is 6.37. The van der Waals surface area contributed by atoms with Gasteiger partial charge < -0.3 is 10.1 Å². The summed E-state index contributed by atoms with van der Waals surface area (Å²) in [7, 11) is 3.35. The van der Waals surface area contributed by atoms with Crippen LogP contribution in [0.15, 0.2) is 10.9 Å². The van der Waals surface area contributed by atoms with Crippen molar-refractivity contribution in [2.75, 3.05) is 26.1 Å². The normalized spacial score (nSPS) is 10.7. The highest BCUT2D eigenvalue weighted by Gasteiger charge is 2.13. The van der Waals surface area contributed by atoms with Gasteiger partial charge in [-0.1, -0.05) is 11.3 Å². The Bertz CT molecular complexity index is 622. The van der Waals surface area contributed by atoms with Gasteiger partial charge in [0.2, 0.25) is 5.13 Å². The second-order valence-corrected chi connectivity index (χ2v) is 4.86. The molecule has 0 radical (unpaired) electrons. The molecule has 8 heteroatoms. The van der Waals surface area contributed by atoms with E-state index in [0.717, 1.165) is 5.69 Å². The Morgan fingerprint density at radius 3 is 2.89 bits per heavy atom. The third kappa shape index (κ3) is 2.96. The van der Waals surface area contributed by atoms with Gasteiger partial charge in [-0.05, 0) is 13.0 Å². The van der Waals surface area contributed by atoms with Gasteiger partial charge in [-0.3, -0.25) is 4.79 Å². The second-order valence-electron chi connectivity index (χ2n) is 3.88. The molecule has 1 N–H and O–H groups in total. The van der Waals surface area contributed by atoms with E-state index in [0.29, 0.717) is 28.9 Å². The molecule has 0 aliphatic heterocycles. The molecular weight excluding hydrogens is 266 g/mol. The monoisotopic (exact) mass is 281 g/mol. The largest absolute Gasteiger partial charge is 0.383 e. The fourth-order valence-corrected chi connectivity index (χ4v) is 2.29. The minimum absolute atomic E-state index is 0.179. The van der Waals surface area contributed by atoms with Crippen LogP contribution in [0.4, 0.5) is 5.13 Å². The first kappa shape index (κ1) is 13.6. The molecule has 2 aromatic rings. The lowest BCUT2D eigenvalue weighted by molar-refractivity contribution is 0.181. The van der Waals surface area contributed by atoms with E-state index in [1.54, 1.807) is 20.2 Å². The smallest absolute Gasteiger partial charge is 0.277 e. The van der Waals surface area contributed by atoms with Gasteiger partial charge in [-0.15, -0.1) is 10.2 Å². The fourth-order valence-electron chi connectivity index (χ4n) is 1.59. The number of aromatic nitrogens is 4. The van der Waals surface area contributed by atoms with Gasteiger partial charge in [0, 0.05) is 14.2 Å². The van der Waals surface area contributed by atoms with Crippen LogP contribution in [0, 0.1) is 6.92 Å². The van der Waals surface area contributed by atoms with Crippen LogP contribution in [-0.2, 0) is 11.3 Å². The molecule has 0 bridgehead atoms. The van der Waals surface area contributed by atoms with E-state index in [1.165, 1.54) is 16.0 Å². The van der Waals surface area contributed by atoms with Crippen LogP contribution in [0.3, 0.4) is 0 Å².